The summed E-state index contributed by atoms with van der Waals surface area (Å²) in [7, 11) is 0. The molecule has 6 heteroatoms. The molecule has 1 heterocycles. The van der Waals surface area contributed by atoms with Gasteiger partial charge in [-0.1, -0.05) is 0 Å². The second kappa shape index (κ2) is 3.83. The predicted octanol–water partition coefficient (Wildman–Crippen LogP) is 2.48. The molecule has 0 saturated heterocycles. The molecule has 0 amide bonds. The van der Waals surface area contributed by atoms with Crippen LogP contribution in [0.15, 0.2) is 6.07 Å². The van der Waals surface area contributed by atoms with E-state index < -0.39 is 18.1 Å². The Kier molecular flexibility index (Phi) is 2.98. The van der Waals surface area contributed by atoms with Crippen LogP contribution in [0.2, 0.25) is 0 Å². The van der Waals surface area contributed by atoms with Crippen molar-refractivity contribution in [2.75, 3.05) is 5.73 Å². The van der Waals surface area contributed by atoms with E-state index in [1.54, 1.807) is 0 Å². The molecule has 0 aliphatic heterocycles. The normalized spacial score (nSPS) is 10.8. The molecule has 0 fully saturated rings. The van der Waals surface area contributed by atoms with Crippen molar-refractivity contribution in [1.29, 1.82) is 0 Å². The van der Waals surface area contributed by atoms with Gasteiger partial charge < -0.3 is 5.73 Å². The number of alkyl halides is 3. The van der Waals surface area contributed by atoms with Gasteiger partial charge in [-0.2, -0.15) is 4.39 Å². The van der Waals surface area contributed by atoms with Gasteiger partial charge >= 0.3 is 0 Å². The minimum atomic E-state index is -2.87. The van der Waals surface area contributed by atoms with Crippen LogP contribution in [-0.4, -0.2) is 4.98 Å². The molecule has 72 valence electrons. The van der Waals surface area contributed by atoms with Crippen LogP contribution in [0, 0.1) is 5.95 Å². The first-order chi connectivity index (χ1) is 6.06. The Morgan fingerprint density at radius 2 is 2.15 bits per heavy atom. The number of nitrogens with zero attached hydrogens (tertiary/aromatic N) is 1. The Labute approximate surface area is 77.5 Å². The number of hydrogen-bond donors (Lipinski definition) is 1. The third kappa shape index (κ3) is 2.03. The SMILES string of the molecule is Nc1cc(F)nc(C(F)F)c1CCl. The fourth-order valence-electron chi connectivity index (χ4n) is 0.904. The van der Waals surface area contributed by atoms with Crippen LogP contribution < -0.4 is 5.73 Å². The first kappa shape index (κ1) is 10.1. The third-order valence-corrected chi connectivity index (χ3v) is 1.77. The Bertz CT molecular complexity index is 317. The van der Waals surface area contributed by atoms with Crippen LogP contribution in [0.1, 0.15) is 17.7 Å². The van der Waals surface area contributed by atoms with Gasteiger partial charge in [0.2, 0.25) is 5.95 Å². The molecule has 2 nitrogen and oxygen atoms in total. The van der Waals surface area contributed by atoms with Crippen molar-refractivity contribution in [2.45, 2.75) is 12.3 Å². The summed E-state index contributed by atoms with van der Waals surface area (Å²) in [5.41, 5.74) is 4.47. The fraction of sp³-hybridized carbons (Fsp3) is 0.286. The number of halogens is 4. The summed E-state index contributed by atoms with van der Waals surface area (Å²) in [5, 5.41) is 0. The molecule has 1 rings (SSSR count). The van der Waals surface area contributed by atoms with E-state index in [1.807, 2.05) is 0 Å². The highest BCUT2D eigenvalue weighted by molar-refractivity contribution is 6.17. The molecule has 0 saturated carbocycles. The maximum Gasteiger partial charge on any atom is 0.280 e. The van der Waals surface area contributed by atoms with E-state index in [4.69, 9.17) is 17.3 Å². The lowest BCUT2D eigenvalue weighted by Gasteiger charge is -2.07. The maximum absolute atomic E-state index is 12.5. The quantitative estimate of drug-likeness (QED) is 0.602. The van der Waals surface area contributed by atoms with Crippen LogP contribution in [0.5, 0.6) is 0 Å². The van der Waals surface area contributed by atoms with E-state index in [2.05, 4.69) is 4.98 Å². The zero-order valence-electron chi connectivity index (χ0n) is 6.40. The molecule has 1 aromatic heterocycles. The average Bonchev–Trinajstić information content (AvgIpc) is 2.02. The summed E-state index contributed by atoms with van der Waals surface area (Å²) in [6.45, 7) is 0. The summed E-state index contributed by atoms with van der Waals surface area (Å²) in [6, 6.07) is 0.865. The minimum Gasteiger partial charge on any atom is -0.398 e. The molecule has 0 aromatic carbocycles. The summed E-state index contributed by atoms with van der Waals surface area (Å²) in [6.07, 6.45) is -2.87. The summed E-state index contributed by atoms with van der Waals surface area (Å²) < 4.78 is 37.0. The van der Waals surface area contributed by atoms with Crippen molar-refractivity contribution in [1.82, 2.24) is 4.98 Å². The van der Waals surface area contributed by atoms with Gasteiger partial charge in [0, 0.05) is 17.3 Å². The Hall–Kier alpha value is -0.970. The van der Waals surface area contributed by atoms with Crippen LogP contribution in [0.25, 0.3) is 0 Å². The Morgan fingerprint density at radius 1 is 1.54 bits per heavy atom. The van der Waals surface area contributed by atoms with E-state index in [9.17, 15) is 13.2 Å². The molecule has 0 spiro atoms. The van der Waals surface area contributed by atoms with Crippen molar-refractivity contribution < 1.29 is 13.2 Å². The van der Waals surface area contributed by atoms with Crippen LogP contribution in [0.3, 0.4) is 0 Å². The van der Waals surface area contributed by atoms with Crippen LogP contribution in [0.4, 0.5) is 18.9 Å². The van der Waals surface area contributed by atoms with Gasteiger partial charge in [0.15, 0.2) is 0 Å². The van der Waals surface area contributed by atoms with Gasteiger partial charge in [0.25, 0.3) is 6.43 Å². The standard InChI is InChI=1S/C7H6ClF3N2/c8-2-3-4(12)1-5(9)13-6(3)7(10)11/h1,7H,2H2,(H2,12,13). The third-order valence-electron chi connectivity index (χ3n) is 1.50. The monoisotopic (exact) mass is 210 g/mol. The molecule has 0 atom stereocenters. The van der Waals surface area contributed by atoms with Crippen molar-refractivity contribution >= 4 is 17.3 Å². The van der Waals surface area contributed by atoms with Gasteiger partial charge in [-0.25, -0.2) is 13.8 Å². The van der Waals surface area contributed by atoms with Crippen molar-refractivity contribution in [3.05, 3.63) is 23.3 Å². The molecule has 0 radical (unpaired) electrons. The largest absolute Gasteiger partial charge is 0.398 e. The van der Waals surface area contributed by atoms with Crippen LogP contribution >= 0.6 is 11.6 Å². The first-order valence-corrected chi connectivity index (χ1v) is 3.88. The maximum atomic E-state index is 12.5. The molecular formula is C7H6ClF3N2. The highest BCUT2D eigenvalue weighted by Crippen LogP contribution is 2.26. The minimum absolute atomic E-state index is 0.0157. The Morgan fingerprint density at radius 3 is 2.62 bits per heavy atom. The average molecular weight is 211 g/mol. The number of anilines is 1. The summed E-state index contributed by atoms with van der Waals surface area (Å²) in [5.74, 6) is -1.24. The lowest BCUT2D eigenvalue weighted by Crippen LogP contribution is -2.04. The van der Waals surface area contributed by atoms with E-state index in [0.29, 0.717) is 0 Å². The van der Waals surface area contributed by atoms with E-state index in [1.165, 1.54) is 0 Å². The molecule has 1 aromatic rings. The molecule has 13 heavy (non-hydrogen) atoms. The van der Waals surface area contributed by atoms with Crippen molar-refractivity contribution in [3.63, 3.8) is 0 Å². The number of hydrogen-bond acceptors (Lipinski definition) is 2. The van der Waals surface area contributed by atoms with Crippen molar-refractivity contribution in [2.24, 2.45) is 0 Å². The molecule has 0 bridgehead atoms. The van der Waals surface area contributed by atoms with Gasteiger partial charge in [0.05, 0.1) is 5.88 Å². The van der Waals surface area contributed by atoms with E-state index in [-0.39, 0.29) is 17.1 Å². The molecule has 2 N–H and O–H groups in total. The molecule has 0 unspecified atom stereocenters. The Balaban J connectivity index is 3.29. The lowest BCUT2D eigenvalue weighted by molar-refractivity contribution is 0.144. The summed E-state index contributed by atoms with van der Waals surface area (Å²) >= 11 is 5.36. The fourth-order valence-corrected chi connectivity index (χ4v) is 1.20. The smallest absolute Gasteiger partial charge is 0.280 e. The topological polar surface area (TPSA) is 38.9 Å². The number of nitrogens with two attached hydrogens (primary N) is 1. The number of rotatable bonds is 2. The lowest BCUT2D eigenvalue weighted by atomic mass is 10.2. The molecular weight excluding hydrogens is 205 g/mol. The molecule has 0 aliphatic rings. The highest BCUT2D eigenvalue weighted by Gasteiger charge is 2.18. The first-order valence-electron chi connectivity index (χ1n) is 3.35. The van der Waals surface area contributed by atoms with Gasteiger partial charge in [-0.15, -0.1) is 11.6 Å². The highest BCUT2D eigenvalue weighted by atomic mass is 35.5. The number of pyridine rings is 1. The zero-order valence-corrected chi connectivity index (χ0v) is 7.15. The van der Waals surface area contributed by atoms with Gasteiger partial charge in [0.1, 0.15) is 5.69 Å². The second-order valence-electron chi connectivity index (χ2n) is 2.33. The van der Waals surface area contributed by atoms with Crippen molar-refractivity contribution in [3.8, 4) is 0 Å². The van der Waals surface area contributed by atoms with E-state index >= 15 is 0 Å². The van der Waals surface area contributed by atoms with Crippen LogP contribution in [-0.2, 0) is 5.88 Å². The van der Waals surface area contributed by atoms with Gasteiger partial charge in [-0.3, -0.25) is 0 Å². The summed E-state index contributed by atoms with van der Waals surface area (Å²) in [4.78, 5) is 3.02. The molecule has 0 aliphatic carbocycles. The predicted molar refractivity (Wildman–Crippen MR) is 43.1 cm³/mol. The van der Waals surface area contributed by atoms with E-state index in [0.717, 1.165) is 6.07 Å². The zero-order chi connectivity index (χ0) is 10.0. The number of nitrogen functional groups attached to an aromatic ring is 1. The van der Waals surface area contributed by atoms with Gasteiger partial charge in [-0.05, 0) is 0 Å². The second-order valence-corrected chi connectivity index (χ2v) is 2.60. The number of aromatic nitrogens is 1.